The molecule has 0 amide bonds. The molecule has 29 heteroatoms. The molecule has 0 fully saturated rings. The molecular formula is C37H41Cl3CuN12O12Zn. The van der Waals surface area contributed by atoms with Gasteiger partial charge in [0.05, 0.1) is 47.1 Å². The Morgan fingerprint density at radius 3 is 0.879 bits per heavy atom. The number of hydrogen-bond donors (Lipinski definition) is 0. The molecular weight excluding hydrogens is 1040 g/mol. The van der Waals surface area contributed by atoms with Gasteiger partial charge < -0.3 is 9.97 Å². The molecule has 0 aliphatic rings. The van der Waals surface area contributed by atoms with E-state index < -0.39 is 30.7 Å². The third-order valence-electron chi connectivity index (χ3n) is 5.95. The van der Waals surface area contributed by atoms with Crippen LogP contribution in [0.3, 0.4) is 0 Å². The second-order valence-corrected chi connectivity index (χ2v) is 13.1. The van der Waals surface area contributed by atoms with Gasteiger partial charge in [-0.2, -0.15) is 21.0 Å². The van der Waals surface area contributed by atoms with Crippen molar-refractivity contribution in [3.05, 3.63) is 138 Å². The topological polar surface area (TPSA) is 457 Å². The molecule has 0 spiro atoms. The molecule has 0 aliphatic carbocycles. The van der Waals surface area contributed by atoms with Crippen LogP contribution >= 0.6 is 0 Å². The van der Waals surface area contributed by atoms with Crippen molar-refractivity contribution < 1.29 is 123 Å². The van der Waals surface area contributed by atoms with E-state index in [4.69, 9.17) is 77.0 Å². The molecule has 1 radical (unpaired) electrons. The largest absolute Gasteiger partial charge is 2.00 e. The standard InChI is InChI=1S/C29H29N8.4C2H3N.3ClHO4.Cu.Zn/c1-5-13-30-24(9-1)17-36(18-25-10-2-6-14-31-25)21-28-29(35-23-34-28)22-37(19-26-11-3-7-15-32-26)20-27-12-4-8-16-33-27;4*1-2-3;3*2-1(3,4)5;;/h1-16,23H,17-22H2;4*1H3;3*(H,2,3,4,5);;/q-1;;;;;;;;2*+2/p-3. The number of aromatic nitrogens is 6. The van der Waals surface area contributed by atoms with Crippen LogP contribution in [0, 0.1) is 76.1 Å². The van der Waals surface area contributed by atoms with Crippen molar-refractivity contribution in [2.75, 3.05) is 0 Å². The number of nitriles is 4. The van der Waals surface area contributed by atoms with E-state index in [1.807, 2.05) is 97.6 Å². The molecule has 5 aromatic rings. The molecule has 24 nitrogen and oxygen atoms in total. The van der Waals surface area contributed by atoms with Crippen LogP contribution < -0.4 is 60.9 Å². The van der Waals surface area contributed by atoms with Crippen molar-refractivity contribution in [1.29, 1.82) is 21.0 Å². The zero-order valence-corrected chi connectivity index (χ0v) is 41.6. The number of halogens is 3. The van der Waals surface area contributed by atoms with Crippen molar-refractivity contribution in [2.24, 2.45) is 0 Å². The molecule has 0 saturated heterocycles. The van der Waals surface area contributed by atoms with Crippen LogP contribution in [-0.4, -0.2) is 34.7 Å². The minimum Gasteiger partial charge on any atom is -0.446 e. The van der Waals surface area contributed by atoms with Crippen molar-refractivity contribution in [2.45, 2.75) is 67.0 Å². The number of pyridine rings is 4. The fraction of sp³-hybridized carbons (Fsp3) is 0.270. The van der Waals surface area contributed by atoms with Gasteiger partial charge in [0.1, 0.15) is 0 Å². The molecule has 0 aliphatic heterocycles. The van der Waals surface area contributed by atoms with Crippen molar-refractivity contribution in [3.8, 4) is 24.3 Å². The fourth-order valence-corrected chi connectivity index (χ4v) is 4.22. The van der Waals surface area contributed by atoms with E-state index in [1.165, 1.54) is 27.7 Å². The summed E-state index contributed by atoms with van der Waals surface area (Å²) in [4.78, 5) is 32.1. The molecule has 5 aromatic heterocycles. The van der Waals surface area contributed by atoms with Gasteiger partial charge in [0, 0.05) is 91.8 Å². The van der Waals surface area contributed by atoms with Gasteiger partial charge in [0.15, 0.2) is 0 Å². The monoisotopic (exact) mass is 1080 g/mol. The van der Waals surface area contributed by atoms with Crippen molar-refractivity contribution in [3.63, 3.8) is 0 Å². The second-order valence-electron chi connectivity index (χ2n) is 10.9. The molecule has 355 valence electrons. The van der Waals surface area contributed by atoms with E-state index in [1.54, 1.807) is 30.6 Å². The van der Waals surface area contributed by atoms with Gasteiger partial charge in [-0.05, 0) is 48.5 Å². The Hall–Kier alpha value is -4.78. The first kappa shape index (κ1) is 70.2. The molecule has 0 bridgehead atoms. The molecule has 5 heterocycles. The van der Waals surface area contributed by atoms with Gasteiger partial charge in [0.25, 0.3) is 0 Å². The predicted molar refractivity (Wildman–Crippen MR) is 186 cm³/mol. The Morgan fingerprint density at radius 2 is 0.667 bits per heavy atom. The summed E-state index contributed by atoms with van der Waals surface area (Å²) in [6, 6.07) is 31.0. The summed E-state index contributed by atoms with van der Waals surface area (Å²) in [7, 11) is -14.8. The number of hydrogen-bond acceptors (Lipinski definition) is 23. The summed E-state index contributed by atoms with van der Waals surface area (Å²) >= 11 is 0. The Balaban J connectivity index is -0.000000353. The maximum atomic E-state index is 8.49. The molecule has 0 aromatic carbocycles. The van der Waals surface area contributed by atoms with E-state index in [-0.39, 0.29) is 36.5 Å². The van der Waals surface area contributed by atoms with Crippen LogP contribution in [0.15, 0.2) is 104 Å². The molecule has 0 unspecified atom stereocenters. The summed E-state index contributed by atoms with van der Waals surface area (Å²) in [5.41, 5.74) is 5.94. The van der Waals surface area contributed by atoms with E-state index in [0.717, 1.165) is 34.2 Å². The van der Waals surface area contributed by atoms with Crippen LogP contribution in [0.4, 0.5) is 0 Å². The number of rotatable bonds is 12. The average Bonchev–Trinajstić information content (AvgIpc) is 3.61. The number of imidazole rings is 1. The normalized spacial score (nSPS) is 9.55. The summed E-state index contributed by atoms with van der Waals surface area (Å²) in [6.07, 6.45) is 8.97. The Bertz CT molecular complexity index is 1780. The third-order valence-corrected chi connectivity index (χ3v) is 5.95. The SMILES string of the molecule is CC#N.CC#N.CC#N.CC#N.[Cu+2].[O-][Cl+3]([O-])([O-])[O-].[O-][Cl+3]([O-])([O-])[O-].[O-][Cl+3]([O-])([O-])[O-].[Zn+2].c1ccc(CN(Cc2ccccn2)Cc2nc[n-]c2CN(Cc2ccccn2)Cc2ccccn2)nc1. The molecule has 66 heavy (non-hydrogen) atoms. The van der Waals surface area contributed by atoms with E-state index >= 15 is 0 Å². The quantitative estimate of drug-likeness (QED) is 0.105. The zero-order valence-electron chi connectivity index (χ0n) is 35.5. The van der Waals surface area contributed by atoms with Gasteiger partial charge in [-0.25, -0.2) is 55.9 Å². The van der Waals surface area contributed by atoms with Crippen LogP contribution in [-0.2, 0) is 75.8 Å². The zero-order chi connectivity index (χ0) is 49.5. The predicted octanol–water partition coefficient (Wildman–Crippen LogP) is -8.13. The van der Waals surface area contributed by atoms with Gasteiger partial charge in [-0.15, -0.1) is 30.7 Å². The Morgan fingerprint density at radius 1 is 0.439 bits per heavy atom. The second kappa shape index (κ2) is 42.8. The summed E-state index contributed by atoms with van der Waals surface area (Å²) in [5, 5.41) is 29.3. The third kappa shape index (κ3) is 53.6. The van der Waals surface area contributed by atoms with E-state index in [0.29, 0.717) is 39.3 Å². The summed E-state index contributed by atoms with van der Waals surface area (Å²) in [6.45, 7) is 9.77. The first-order chi connectivity index (χ1) is 30.0. The first-order valence-electron chi connectivity index (χ1n) is 17.1. The van der Waals surface area contributed by atoms with Crippen molar-refractivity contribution in [1.82, 2.24) is 39.7 Å². The van der Waals surface area contributed by atoms with Crippen LogP contribution in [0.5, 0.6) is 0 Å². The molecule has 5 rings (SSSR count). The Labute approximate surface area is 411 Å². The molecule has 0 saturated carbocycles. The fourth-order valence-electron chi connectivity index (χ4n) is 4.22. The summed E-state index contributed by atoms with van der Waals surface area (Å²) in [5.74, 6) is 0. The maximum Gasteiger partial charge on any atom is 2.00 e. The first-order valence-corrected chi connectivity index (χ1v) is 20.8. The summed E-state index contributed by atoms with van der Waals surface area (Å²) < 4.78 is 102. The van der Waals surface area contributed by atoms with E-state index in [2.05, 4.69) is 39.7 Å². The van der Waals surface area contributed by atoms with Crippen LogP contribution in [0.25, 0.3) is 0 Å². The van der Waals surface area contributed by atoms with E-state index in [9.17, 15) is 0 Å². The van der Waals surface area contributed by atoms with Gasteiger partial charge >= 0.3 is 36.5 Å². The smallest absolute Gasteiger partial charge is 0.446 e. The Kier molecular flexibility index (Phi) is 45.6. The maximum absolute atomic E-state index is 8.49. The van der Waals surface area contributed by atoms with Gasteiger partial charge in [-0.3, -0.25) is 29.7 Å². The van der Waals surface area contributed by atoms with Gasteiger partial charge in [0.2, 0.25) is 0 Å². The minimum absolute atomic E-state index is 0. The van der Waals surface area contributed by atoms with Crippen molar-refractivity contribution >= 4 is 0 Å². The number of nitrogens with zero attached hydrogens (tertiary/aromatic N) is 12. The van der Waals surface area contributed by atoms with Crippen LogP contribution in [0.1, 0.15) is 61.9 Å². The molecule has 0 atom stereocenters. The van der Waals surface area contributed by atoms with Gasteiger partial charge in [-0.1, -0.05) is 42.0 Å². The molecule has 0 N–H and O–H groups in total. The minimum atomic E-state index is -4.94. The van der Waals surface area contributed by atoms with Crippen LogP contribution in [0.2, 0.25) is 0 Å². The average molecular weight is 1080 g/mol.